The lowest BCUT2D eigenvalue weighted by Crippen LogP contribution is -2.08. The lowest BCUT2D eigenvalue weighted by Gasteiger charge is -2.15. The Bertz CT molecular complexity index is 1040. The molecule has 1 unspecified atom stereocenters. The fourth-order valence-electron chi connectivity index (χ4n) is 4.55. The molecular formula is C33H42O3. The molecule has 0 bridgehead atoms. The van der Waals surface area contributed by atoms with Gasteiger partial charge >= 0.3 is 5.97 Å². The number of ether oxygens (including phenoxy) is 2. The first-order chi connectivity index (χ1) is 17.6. The second-order valence-electron chi connectivity index (χ2n) is 9.48. The van der Waals surface area contributed by atoms with Crippen molar-refractivity contribution in [3.63, 3.8) is 0 Å². The molecule has 0 radical (unpaired) electrons. The Balaban J connectivity index is 1.53. The number of carbonyl (C=O) groups is 1. The van der Waals surface area contributed by atoms with Gasteiger partial charge in [-0.1, -0.05) is 113 Å². The first-order valence-electron chi connectivity index (χ1n) is 13.7. The number of rotatable bonds is 15. The molecule has 0 aliphatic carbocycles. The summed E-state index contributed by atoms with van der Waals surface area (Å²) in [7, 11) is 0. The molecule has 3 rings (SSSR count). The van der Waals surface area contributed by atoms with Crippen molar-refractivity contribution in [1.82, 2.24) is 0 Å². The van der Waals surface area contributed by atoms with Crippen LogP contribution in [-0.2, 0) is 9.53 Å². The van der Waals surface area contributed by atoms with E-state index in [1.54, 1.807) is 0 Å². The average molecular weight is 487 g/mol. The van der Waals surface area contributed by atoms with Gasteiger partial charge in [0.25, 0.3) is 0 Å². The van der Waals surface area contributed by atoms with E-state index >= 15 is 0 Å². The quantitative estimate of drug-likeness (QED) is 0.158. The first kappa shape index (κ1) is 27.5. The van der Waals surface area contributed by atoms with Crippen LogP contribution in [0.3, 0.4) is 0 Å². The Morgan fingerprint density at radius 1 is 0.694 bits per heavy atom. The second-order valence-corrected chi connectivity index (χ2v) is 9.48. The maximum atomic E-state index is 12.3. The van der Waals surface area contributed by atoms with Crippen LogP contribution in [0, 0.1) is 0 Å². The van der Waals surface area contributed by atoms with E-state index in [0.29, 0.717) is 13.0 Å². The van der Waals surface area contributed by atoms with Gasteiger partial charge < -0.3 is 9.47 Å². The maximum Gasteiger partial charge on any atom is 0.306 e. The third-order valence-corrected chi connectivity index (χ3v) is 6.64. The Morgan fingerprint density at radius 2 is 1.22 bits per heavy atom. The number of carbonyl (C=O) groups excluding carboxylic acids is 1. The number of unbranched alkanes of at least 4 members (excludes halogenated alkanes) is 7. The van der Waals surface area contributed by atoms with E-state index in [9.17, 15) is 4.79 Å². The van der Waals surface area contributed by atoms with Gasteiger partial charge in [-0.15, -0.1) is 0 Å². The smallest absolute Gasteiger partial charge is 0.306 e. The summed E-state index contributed by atoms with van der Waals surface area (Å²) >= 11 is 0. The Labute approximate surface area is 217 Å². The van der Waals surface area contributed by atoms with E-state index in [-0.39, 0.29) is 12.1 Å². The lowest BCUT2D eigenvalue weighted by molar-refractivity contribution is -0.148. The lowest BCUT2D eigenvalue weighted by atomic mass is 9.94. The molecule has 0 amide bonds. The van der Waals surface area contributed by atoms with Crippen LogP contribution in [0.1, 0.15) is 90.2 Å². The number of hydrogen-bond donors (Lipinski definition) is 0. The summed E-state index contributed by atoms with van der Waals surface area (Å²) in [6.45, 7) is 6.85. The molecule has 0 spiro atoms. The molecular weight excluding hydrogens is 444 g/mol. The number of benzene rings is 3. The zero-order valence-electron chi connectivity index (χ0n) is 22.3. The van der Waals surface area contributed by atoms with Gasteiger partial charge in [0.1, 0.15) is 11.9 Å². The number of hydrogen-bond acceptors (Lipinski definition) is 3. The Kier molecular flexibility index (Phi) is 11.6. The molecule has 1 atom stereocenters. The summed E-state index contributed by atoms with van der Waals surface area (Å²) in [6, 6.07) is 25.0. The maximum absolute atomic E-state index is 12.3. The topological polar surface area (TPSA) is 35.5 Å². The summed E-state index contributed by atoms with van der Waals surface area (Å²) in [6.07, 6.45) is 10.0. The third-order valence-electron chi connectivity index (χ3n) is 6.64. The van der Waals surface area contributed by atoms with Crippen molar-refractivity contribution in [3.8, 4) is 28.0 Å². The van der Waals surface area contributed by atoms with Gasteiger partial charge in [0.15, 0.2) is 0 Å². The van der Waals surface area contributed by atoms with E-state index in [4.69, 9.17) is 9.47 Å². The largest absolute Gasteiger partial charge is 0.494 e. The van der Waals surface area contributed by atoms with Crippen molar-refractivity contribution in [2.45, 2.75) is 84.7 Å². The van der Waals surface area contributed by atoms with Gasteiger partial charge in [0.2, 0.25) is 0 Å². The highest BCUT2D eigenvalue weighted by atomic mass is 16.5. The van der Waals surface area contributed by atoms with Crippen LogP contribution >= 0.6 is 0 Å². The van der Waals surface area contributed by atoms with E-state index in [1.807, 2.05) is 26.0 Å². The molecule has 3 heteroatoms. The van der Waals surface area contributed by atoms with Gasteiger partial charge in [-0.2, -0.15) is 0 Å². The Morgan fingerprint density at radius 3 is 1.78 bits per heavy atom. The monoisotopic (exact) mass is 486 g/mol. The molecule has 3 aromatic rings. The molecule has 0 aliphatic heterocycles. The summed E-state index contributed by atoms with van der Waals surface area (Å²) in [5, 5.41) is 0. The highest BCUT2D eigenvalue weighted by Crippen LogP contribution is 2.33. The fraction of sp³-hybridized carbons (Fsp3) is 0.424. The summed E-state index contributed by atoms with van der Waals surface area (Å²) in [5.74, 6) is 0.785. The second kappa shape index (κ2) is 15.1. The molecule has 3 nitrogen and oxygen atoms in total. The zero-order chi connectivity index (χ0) is 25.6. The SMILES string of the molecule is CCCCCCCCCCC(=O)OC(C)c1ccc(-c2ccccc2-c2ccc(OCC)cc2)cc1. The van der Waals surface area contributed by atoms with Gasteiger partial charge in [-0.05, 0) is 60.2 Å². The molecule has 192 valence electrons. The highest BCUT2D eigenvalue weighted by molar-refractivity contribution is 5.83. The van der Waals surface area contributed by atoms with Crippen molar-refractivity contribution in [2.24, 2.45) is 0 Å². The molecule has 0 heterocycles. The van der Waals surface area contributed by atoms with Gasteiger partial charge in [-0.3, -0.25) is 4.79 Å². The Hall–Kier alpha value is -3.07. The van der Waals surface area contributed by atoms with Crippen LogP contribution < -0.4 is 4.74 Å². The van der Waals surface area contributed by atoms with E-state index < -0.39 is 0 Å². The minimum atomic E-state index is -0.248. The van der Waals surface area contributed by atoms with Crippen LogP contribution in [0.25, 0.3) is 22.3 Å². The standard InChI is InChI=1S/C33H42O3/c1-4-6-7-8-9-10-11-12-17-33(34)36-26(3)27-18-20-28(21-19-27)31-15-13-14-16-32(31)29-22-24-30(25-23-29)35-5-2/h13-16,18-26H,4-12,17H2,1-3H3. The van der Waals surface area contributed by atoms with Crippen LogP contribution in [0.2, 0.25) is 0 Å². The third kappa shape index (κ3) is 8.55. The van der Waals surface area contributed by atoms with E-state index in [2.05, 4.69) is 67.6 Å². The normalized spacial score (nSPS) is 11.8. The molecule has 3 aromatic carbocycles. The van der Waals surface area contributed by atoms with Crippen LogP contribution in [0.4, 0.5) is 0 Å². The first-order valence-corrected chi connectivity index (χ1v) is 13.7. The predicted octanol–water partition coefficient (Wildman–Crippen LogP) is 9.55. The molecule has 0 aliphatic rings. The van der Waals surface area contributed by atoms with Gasteiger partial charge in [0.05, 0.1) is 6.61 Å². The molecule has 0 saturated heterocycles. The predicted molar refractivity (Wildman–Crippen MR) is 150 cm³/mol. The van der Waals surface area contributed by atoms with Gasteiger partial charge in [-0.25, -0.2) is 0 Å². The van der Waals surface area contributed by atoms with E-state index in [0.717, 1.165) is 35.3 Å². The minimum Gasteiger partial charge on any atom is -0.494 e. The minimum absolute atomic E-state index is 0.0987. The van der Waals surface area contributed by atoms with Crippen LogP contribution in [0.5, 0.6) is 5.75 Å². The summed E-state index contributed by atoms with van der Waals surface area (Å²) in [5.41, 5.74) is 5.66. The zero-order valence-corrected chi connectivity index (χ0v) is 22.3. The molecule has 0 fully saturated rings. The number of esters is 1. The van der Waals surface area contributed by atoms with Crippen molar-refractivity contribution >= 4 is 5.97 Å². The summed E-state index contributed by atoms with van der Waals surface area (Å²) in [4.78, 5) is 12.3. The fourth-order valence-corrected chi connectivity index (χ4v) is 4.55. The van der Waals surface area contributed by atoms with Crippen molar-refractivity contribution in [3.05, 3.63) is 78.4 Å². The molecule has 0 saturated carbocycles. The van der Waals surface area contributed by atoms with Gasteiger partial charge in [0, 0.05) is 6.42 Å². The molecule has 0 aromatic heterocycles. The van der Waals surface area contributed by atoms with Crippen molar-refractivity contribution in [2.75, 3.05) is 6.61 Å². The van der Waals surface area contributed by atoms with Crippen molar-refractivity contribution in [1.29, 1.82) is 0 Å². The summed E-state index contributed by atoms with van der Waals surface area (Å²) < 4.78 is 11.3. The van der Waals surface area contributed by atoms with Crippen molar-refractivity contribution < 1.29 is 14.3 Å². The average Bonchev–Trinajstić information content (AvgIpc) is 2.91. The van der Waals surface area contributed by atoms with Crippen LogP contribution in [0.15, 0.2) is 72.8 Å². The van der Waals surface area contributed by atoms with Crippen LogP contribution in [-0.4, -0.2) is 12.6 Å². The highest BCUT2D eigenvalue weighted by Gasteiger charge is 2.13. The van der Waals surface area contributed by atoms with E-state index in [1.165, 1.54) is 49.7 Å². The molecule has 36 heavy (non-hydrogen) atoms. The molecule has 0 N–H and O–H groups in total.